The number of nitrogens with one attached hydrogen (secondary N) is 1. The second-order valence-corrected chi connectivity index (χ2v) is 10.9. The van der Waals surface area contributed by atoms with E-state index in [2.05, 4.69) is 25.1 Å². The quantitative estimate of drug-likeness (QED) is 0.273. The maximum Gasteiger partial charge on any atom is 0.271 e. The fourth-order valence-corrected chi connectivity index (χ4v) is 5.62. The number of hydrogen-bond acceptors (Lipinski definition) is 7. The zero-order valence-corrected chi connectivity index (χ0v) is 23.7. The molecule has 9 nitrogen and oxygen atoms in total. The van der Waals surface area contributed by atoms with Crippen molar-refractivity contribution in [2.45, 2.75) is 31.6 Å². The Morgan fingerprint density at radius 2 is 1.95 bits per heavy atom. The first-order valence-corrected chi connectivity index (χ1v) is 14.1. The number of aromatic nitrogens is 4. The molecule has 2 aliphatic rings. The van der Waals surface area contributed by atoms with Crippen molar-refractivity contribution in [3.8, 4) is 17.0 Å². The third-order valence-corrected chi connectivity index (χ3v) is 7.99. The Kier molecular flexibility index (Phi) is 6.64. The first kappa shape index (κ1) is 26.8. The van der Waals surface area contributed by atoms with Gasteiger partial charge in [0.15, 0.2) is 17.2 Å². The van der Waals surface area contributed by atoms with E-state index in [9.17, 15) is 13.6 Å². The molecular formula is C32H29F2N7O2. The highest BCUT2D eigenvalue weighted by molar-refractivity contribution is 5.94. The van der Waals surface area contributed by atoms with E-state index in [1.807, 2.05) is 55.6 Å². The molecule has 0 saturated heterocycles. The number of anilines is 3. The Balaban J connectivity index is 1.30. The molecule has 1 N–H and O–H groups in total. The molecule has 1 aliphatic heterocycles. The number of amides is 1. The van der Waals surface area contributed by atoms with Crippen LogP contribution in [0.15, 0.2) is 73.1 Å². The molecule has 0 radical (unpaired) electrons. The summed E-state index contributed by atoms with van der Waals surface area (Å²) in [6, 6.07) is 18.0. The fourth-order valence-electron chi connectivity index (χ4n) is 5.62. The van der Waals surface area contributed by atoms with E-state index in [1.54, 1.807) is 7.11 Å². The number of imidazole rings is 1. The number of carbonyl (C=O) groups is 1. The Hall–Kier alpha value is -5.06. The highest BCUT2D eigenvalue weighted by Gasteiger charge is 2.39. The Labute approximate surface area is 246 Å². The van der Waals surface area contributed by atoms with Gasteiger partial charge < -0.3 is 19.9 Å². The van der Waals surface area contributed by atoms with Gasteiger partial charge >= 0.3 is 0 Å². The average molecular weight is 582 g/mol. The molecule has 43 heavy (non-hydrogen) atoms. The van der Waals surface area contributed by atoms with Crippen LogP contribution < -0.4 is 19.9 Å². The summed E-state index contributed by atoms with van der Waals surface area (Å²) in [5, 5.41) is 7.62. The van der Waals surface area contributed by atoms with Crippen LogP contribution in [0.3, 0.4) is 0 Å². The monoisotopic (exact) mass is 581 g/mol. The summed E-state index contributed by atoms with van der Waals surface area (Å²) >= 11 is 0. The van der Waals surface area contributed by atoms with Gasteiger partial charge in [0.2, 0.25) is 0 Å². The molecule has 7 rings (SSSR count). The van der Waals surface area contributed by atoms with Gasteiger partial charge in [0.25, 0.3) is 5.91 Å². The molecular weight excluding hydrogens is 552 g/mol. The normalized spacial score (nSPS) is 17.2. The minimum absolute atomic E-state index is 0.229. The molecule has 2 aromatic carbocycles. The van der Waals surface area contributed by atoms with E-state index < -0.39 is 18.1 Å². The lowest BCUT2D eigenvalue weighted by molar-refractivity contribution is 0.0940. The van der Waals surface area contributed by atoms with Crippen LogP contribution in [0.4, 0.5) is 26.0 Å². The number of ether oxygens (including phenoxy) is 1. The fraction of sp³-hybridized carbons (Fsp3) is 0.250. The van der Waals surface area contributed by atoms with Crippen molar-refractivity contribution in [2.24, 2.45) is 0 Å². The van der Waals surface area contributed by atoms with E-state index in [4.69, 9.17) is 9.84 Å². The lowest BCUT2D eigenvalue weighted by atomic mass is 10.0. The van der Waals surface area contributed by atoms with E-state index in [-0.39, 0.29) is 11.5 Å². The molecule has 4 heterocycles. The van der Waals surface area contributed by atoms with Gasteiger partial charge in [-0.25, -0.2) is 18.3 Å². The second-order valence-electron chi connectivity index (χ2n) is 10.9. The standard InChI is InChI=1S/C32H29F2N7O2/c1-39(18-19-6-8-21(43-2)9-7-19)28-16-30(38-41-29(17-36-31(28)41)32(42)37-26-15-24(26)34)40-13-11-23-22(4-3-5-27(23)40)25-14-20(33)10-12-35-25/h3-10,12,14,16-17,24,26H,11,13,15,18H2,1-2H3,(H,37,42)/t24-,26+/m0/s1. The van der Waals surface area contributed by atoms with Crippen LogP contribution in [-0.4, -0.2) is 58.4 Å². The molecule has 11 heteroatoms. The molecule has 1 saturated carbocycles. The molecule has 0 bridgehead atoms. The summed E-state index contributed by atoms with van der Waals surface area (Å²) < 4.78 is 34.5. The largest absolute Gasteiger partial charge is 0.497 e. The molecule has 218 valence electrons. The van der Waals surface area contributed by atoms with Crippen molar-refractivity contribution >= 4 is 28.7 Å². The van der Waals surface area contributed by atoms with Crippen molar-refractivity contribution in [1.29, 1.82) is 0 Å². The maximum absolute atomic E-state index is 14.1. The van der Waals surface area contributed by atoms with Gasteiger partial charge in [-0.1, -0.05) is 24.3 Å². The minimum atomic E-state index is -1.03. The van der Waals surface area contributed by atoms with Gasteiger partial charge in [-0.2, -0.15) is 0 Å². The third kappa shape index (κ3) is 5.00. The van der Waals surface area contributed by atoms with Gasteiger partial charge in [-0.05, 0) is 41.8 Å². The summed E-state index contributed by atoms with van der Waals surface area (Å²) in [6.45, 7) is 1.19. The number of methoxy groups -OCH3 is 1. The molecule has 3 aromatic heterocycles. The first-order valence-electron chi connectivity index (χ1n) is 14.1. The van der Waals surface area contributed by atoms with Crippen molar-refractivity contribution in [2.75, 3.05) is 30.5 Å². The first-order chi connectivity index (χ1) is 20.9. The van der Waals surface area contributed by atoms with Gasteiger partial charge in [0.1, 0.15) is 17.7 Å². The van der Waals surface area contributed by atoms with Gasteiger partial charge in [-0.3, -0.25) is 9.78 Å². The van der Waals surface area contributed by atoms with Gasteiger partial charge in [-0.15, -0.1) is 5.10 Å². The number of fused-ring (bicyclic) bond motifs is 2. The summed E-state index contributed by atoms with van der Waals surface area (Å²) in [5.74, 6) is 0.627. The zero-order chi connectivity index (χ0) is 29.7. The lowest BCUT2D eigenvalue weighted by Crippen LogP contribution is -2.29. The summed E-state index contributed by atoms with van der Waals surface area (Å²) in [6.07, 6.45) is 2.94. The van der Waals surface area contributed by atoms with Crippen LogP contribution in [0.2, 0.25) is 0 Å². The van der Waals surface area contributed by atoms with E-state index in [0.29, 0.717) is 43.1 Å². The van der Waals surface area contributed by atoms with Crippen molar-refractivity contribution < 1.29 is 18.3 Å². The molecule has 0 spiro atoms. The second kappa shape index (κ2) is 10.6. The van der Waals surface area contributed by atoms with Crippen molar-refractivity contribution in [3.05, 3.63) is 95.7 Å². The van der Waals surface area contributed by atoms with Crippen molar-refractivity contribution in [3.63, 3.8) is 0 Å². The van der Waals surface area contributed by atoms with E-state index in [1.165, 1.54) is 29.0 Å². The van der Waals surface area contributed by atoms with Crippen LogP contribution in [0.1, 0.15) is 28.0 Å². The number of alkyl halides is 1. The van der Waals surface area contributed by atoms with Gasteiger partial charge in [0, 0.05) is 56.1 Å². The van der Waals surface area contributed by atoms with Crippen molar-refractivity contribution in [1.82, 2.24) is 24.9 Å². The lowest BCUT2D eigenvalue weighted by Gasteiger charge is -2.24. The smallest absolute Gasteiger partial charge is 0.271 e. The van der Waals surface area contributed by atoms with E-state index >= 15 is 0 Å². The Morgan fingerprint density at radius 1 is 1.14 bits per heavy atom. The number of pyridine rings is 1. The average Bonchev–Trinajstić information content (AvgIpc) is 3.36. The molecule has 0 unspecified atom stereocenters. The molecule has 5 aromatic rings. The van der Waals surface area contributed by atoms with Crippen LogP contribution in [0, 0.1) is 5.82 Å². The van der Waals surface area contributed by atoms with Crippen LogP contribution in [0.5, 0.6) is 5.75 Å². The third-order valence-electron chi connectivity index (χ3n) is 7.99. The number of carbonyl (C=O) groups excluding carboxylic acids is 1. The highest BCUT2D eigenvalue weighted by Crippen LogP contribution is 2.40. The summed E-state index contributed by atoms with van der Waals surface area (Å²) in [5.41, 5.74) is 5.98. The van der Waals surface area contributed by atoms with E-state index in [0.717, 1.165) is 33.8 Å². The minimum Gasteiger partial charge on any atom is -0.497 e. The predicted molar refractivity (Wildman–Crippen MR) is 159 cm³/mol. The molecule has 1 aliphatic carbocycles. The van der Waals surface area contributed by atoms with Gasteiger partial charge in [0.05, 0.1) is 30.7 Å². The highest BCUT2D eigenvalue weighted by atomic mass is 19.1. The summed E-state index contributed by atoms with van der Waals surface area (Å²) in [4.78, 5) is 26.3. The number of rotatable bonds is 8. The zero-order valence-electron chi connectivity index (χ0n) is 23.7. The topological polar surface area (TPSA) is 87.9 Å². The predicted octanol–water partition coefficient (Wildman–Crippen LogP) is 5.11. The number of hydrogen-bond donors (Lipinski definition) is 1. The van der Waals surface area contributed by atoms with Crippen LogP contribution >= 0.6 is 0 Å². The number of halogens is 2. The molecule has 1 amide bonds. The summed E-state index contributed by atoms with van der Waals surface area (Å²) in [7, 11) is 3.59. The molecule has 1 fully saturated rings. The number of benzene rings is 2. The number of nitrogens with zero attached hydrogens (tertiary/aromatic N) is 6. The van der Waals surface area contributed by atoms with Crippen LogP contribution in [-0.2, 0) is 13.0 Å². The molecule has 2 atom stereocenters. The van der Waals surface area contributed by atoms with Crippen LogP contribution in [0.25, 0.3) is 16.9 Å². The Morgan fingerprint density at radius 3 is 2.70 bits per heavy atom. The maximum atomic E-state index is 14.1. The SMILES string of the molecule is COc1ccc(CN(C)c2cc(N3CCc4c(-c5cc(F)ccn5)cccc43)nn3c(C(=O)N[C@@H]4C[C@@H]4F)cnc23)cc1. The Bertz CT molecular complexity index is 1840.